The largest absolute Gasteiger partial charge is 0.376 e. The van der Waals surface area contributed by atoms with E-state index in [9.17, 15) is 8.42 Å². The van der Waals surface area contributed by atoms with E-state index in [1.54, 1.807) is 0 Å². The molecule has 19 heavy (non-hydrogen) atoms. The average molecular weight is 325 g/mol. The first-order valence-electron chi connectivity index (χ1n) is 5.36. The molecule has 0 aliphatic heterocycles. The molecule has 8 heteroatoms. The quantitative estimate of drug-likeness (QED) is 0.474. The Bertz CT molecular complexity index is 561. The van der Waals surface area contributed by atoms with Crippen molar-refractivity contribution in [1.82, 2.24) is 9.71 Å². The van der Waals surface area contributed by atoms with Gasteiger partial charge in [-0.2, -0.15) is 0 Å². The van der Waals surface area contributed by atoms with Gasteiger partial charge in [-0.1, -0.05) is 35.4 Å². The van der Waals surface area contributed by atoms with Gasteiger partial charge < -0.3 is 4.74 Å². The summed E-state index contributed by atoms with van der Waals surface area (Å²) in [5.41, 5.74) is 0.872. The highest BCUT2D eigenvalue weighted by Gasteiger charge is 2.15. The number of sulfonamides is 1. The zero-order valence-corrected chi connectivity index (χ0v) is 12.6. The number of nitrogens with one attached hydrogen (secondary N) is 1. The maximum Gasteiger partial charge on any atom is 0.242 e. The first-order chi connectivity index (χ1) is 8.83. The van der Waals surface area contributed by atoms with Gasteiger partial charge in [0.15, 0.2) is 0 Å². The van der Waals surface area contributed by atoms with Crippen LogP contribution in [0.5, 0.6) is 0 Å². The second kappa shape index (κ2) is 7.21. The fourth-order valence-corrected chi connectivity index (χ4v) is 2.45. The number of pyridine rings is 1. The molecule has 0 aliphatic carbocycles. The summed E-state index contributed by atoms with van der Waals surface area (Å²) < 4.78 is 31.3. The van der Waals surface area contributed by atoms with Crippen LogP contribution in [0.15, 0.2) is 29.3 Å². The predicted octanol–water partition coefficient (Wildman–Crippen LogP) is 2.26. The van der Waals surface area contributed by atoms with E-state index in [0.717, 1.165) is 11.8 Å². The van der Waals surface area contributed by atoms with E-state index in [1.165, 1.54) is 6.07 Å². The second-order valence-electron chi connectivity index (χ2n) is 3.85. The molecule has 1 N–H and O–H groups in total. The Hall–Kier alpha value is -0.660. The van der Waals surface area contributed by atoms with Crippen molar-refractivity contribution in [3.8, 4) is 0 Å². The maximum atomic E-state index is 11.9. The van der Waals surface area contributed by atoms with Crippen molar-refractivity contribution in [3.05, 3.63) is 34.6 Å². The average Bonchev–Trinajstić information content (AvgIpc) is 2.31. The van der Waals surface area contributed by atoms with Crippen LogP contribution in [0.2, 0.25) is 10.2 Å². The third-order valence-corrected chi connectivity index (χ3v) is 4.08. The van der Waals surface area contributed by atoms with Crippen molar-refractivity contribution in [1.29, 1.82) is 0 Å². The molecule has 1 heterocycles. The molecule has 0 amide bonds. The summed E-state index contributed by atoms with van der Waals surface area (Å²) in [6, 6.07) is 1.24. The van der Waals surface area contributed by atoms with Crippen molar-refractivity contribution in [2.45, 2.75) is 11.8 Å². The molecule has 1 rings (SSSR count). The number of rotatable bonds is 7. The normalized spacial score (nSPS) is 11.5. The minimum absolute atomic E-state index is 0.0400. The van der Waals surface area contributed by atoms with E-state index in [-0.39, 0.29) is 28.2 Å². The van der Waals surface area contributed by atoms with Gasteiger partial charge in [-0.15, -0.1) is 0 Å². The molecule has 1 aromatic heterocycles. The molecule has 0 unspecified atom stereocenters. The van der Waals surface area contributed by atoms with Crippen LogP contribution in [0.4, 0.5) is 0 Å². The molecule has 0 spiro atoms. The number of hydrogen-bond acceptors (Lipinski definition) is 4. The van der Waals surface area contributed by atoms with Gasteiger partial charge in [-0.3, -0.25) is 0 Å². The zero-order valence-electron chi connectivity index (χ0n) is 10.3. The topological polar surface area (TPSA) is 68.3 Å². The summed E-state index contributed by atoms with van der Waals surface area (Å²) in [4.78, 5) is 3.64. The van der Waals surface area contributed by atoms with Gasteiger partial charge in [0, 0.05) is 12.7 Å². The summed E-state index contributed by atoms with van der Waals surface area (Å²) in [6.45, 7) is 6.29. The molecular weight excluding hydrogens is 311 g/mol. The molecule has 0 aromatic carbocycles. The van der Waals surface area contributed by atoms with Gasteiger partial charge >= 0.3 is 0 Å². The van der Waals surface area contributed by atoms with E-state index in [1.807, 2.05) is 6.92 Å². The molecule has 1 aromatic rings. The lowest BCUT2D eigenvalue weighted by Crippen LogP contribution is -2.27. The minimum Gasteiger partial charge on any atom is -0.376 e. The highest BCUT2D eigenvalue weighted by molar-refractivity contribution is 7.89. The Morgan fingerprint density at radius 1 is 1.53 bits per heavy atom. The molecule has 5 nitrogen and oxygen atoms in total. The standard InChI is InChI=1S/C11H14Cl2N2O3S/c1-8(2)7-18-4-3-15-19(16,17)9-5-10(12)11(13)14-6-9/h5-6,15H,1,3-4,7H2,2H3. The van der Waals surface area contributed by atoms with Crippen LogP contribution in [0.3, 0.4) is 0 Å². The van der Waals surface area contributed by atoms with Crippen LogP contribution in [0, 0.1) is 0 Å². The molecule has 0 saturated carbocycles. The third-order valence-electron chi connectivity index (χ3n) is 1.97. The van der Waals surface area contributed by atoms with E-state index in [4.69, 9.17) is 27.9 Å². The fourth-order valence-electron chi connectivity index (χ4n) is 1.13. The van der Waals surface area contributed by atoms with Crippen LogP contribution in [-0.2, 0) is 14.8 Å². The van der Waals surface area contributed by atoms with E-state index < -0.39 is 10.0 Å². The lowest BCUT2D eigenvalue weighted by molar-refractivity contribution is 0.162. The Morgan fingerprint density at radius 2 is 2.21 bits per heavy atom. The van der Waals surface area contributed by atoms with Crippen LogP contribution >= 0.6 is 23.2 Å². The summed E-state index contributed by atoms with van der Waals surface area (Å²) >= 11 is 11.3. The first kappa shape index (κ1) is 16.4. The van der Waals surface area contributed by atoms with Gasteiger partial charge in [-0.05, 0) is 13.0 Å². The Morgan fingerprint density at radius 3 is 2.79 bits per heavy atom. The van der Waals surface area contributed by atoms with Crippen LogP contribution in [0.1, 0.15) is 6.92 Å². The highest BCUT2D eigenvalue weighted by Crippen LogP contribution is 2.21. The molecule has 0 aliphatic rings. The van der Waals surface area contributed by atoms with Gasteiger partial charge in [0.1, 0.15) is 10.0 Å². The molecule has 106 valence electrons. The van der Waals surface area contributed by atoms with Gasteiger partial charge in [-0.25, -0.2) is 18.1 Å². The number of nitrogens with zero attached hydrogens (tertiary/aromatic N) is 1. The predicted molar refractivity (Wildman–Crippen MR) is 75.1 cm³/mol. The van der Waals surface area contributed by atoms with Gasteiger partial charge in [0.2, 0.25) is 10.0 Å². The smallest absolute Gasteiger partial charge is 0.242 e. The van der Waals surface area contributed by atoms with Crippen LogP contribution in [-0.4, -0.2) is 33.2 Å². The van der Waals surface area contributed by atoms with E-state index in [2.05, 4.69) is 16.3 Å². The van der Waals surface area contributed by atoms with Crippen molar-refractivity contribution in [2.75, 3.05) is 19.8 Å². The van der Waals surface area contributed by atoms with Crippen molar-refractivity contribution >= 4 is 33.2 Å². The fraction of sp³-hybridized carbons (Fsp3) is 0.364. The summed E-state index contributed by atoms with van der Waals surface area (Å²) in [5.74, 6) is 0. The third kappa shape index (κ3) is 5.46. The Balaban J connectivity index is 2.56. The molecule has 0 radical (unpaired) electrons. The number of ether oxygens (including phenoxy) is 1. The number of hydrogen-bond donors (Lipinski definition) is 1. The highest BCUT2D eigenvalue weighted by atomic mass is 35.5. The number of aromatic nitrogens is 1. The maximum absolute atomic E-state index is 11.9. The van der Waals surface area contributed by atoms with Gasteiger partial charge in [0.05, 0.1) is 18.2 Å². The molecule has 0 saturated heterocycles. The molecule has 0 atom stereocenters. The lowest BCUT2D eigenvalue weighted by atomic mass is 10.4. The molecule has 0 fully saturated rings. The Kier molecular flexibility index (Phi) is 6.22. The van der Waals surface area contributed by atoms with Gasteiger partial charge in [0.25, 0.3) is 0 Å². The van der Waals surface area contributed by atoms with E-state index >= 15 is 0 Å². The second-order valence-corrected chi connectivity index (χ2v) is 6.38. The first-order valence-corrected chi connectivity index (χ1v) is 7.59. The summed E-state index contributed by atoms with van der Waals surface area (Å²) in [5, 5.41) is 0.147. The minimum atomic E-state index is -3.66. The number of halogens is 2. The SMILES string of the molecule is C=C(C)COCCNS(=O)(=O)c1cnc(Cl)c(Cl)c1. The Labute approximate surface area is 122 Å². The van der Waals surface area contributed by atoms with Crippen molar-refractivity contribution in [3.63, 3.8) is 0 Å². The molecule has 0 bridgehead atoms. The monoisotopic (exact) mass is 324 g/mol. The lowest BCUT2D eigenvalue weighted by Gasteiger charge is -2.07. The summed E-state index contributed by atoms with van der Waals surface area (Å²) in [6.07, 6.45) is 1.14. The zero-order chi connectivity index (χ0) is 14.5. The van der Waals surface area contributed by atoms with Crippen molar-refractivity contribution in [2.24, 2.45) is 0 Å². The summed E-state index contributed by atoms with van der Waals surface area (Å²) in [7, 11) is -3.66. The molecular formula is C11H14Cl2N2O3S. The van der Waals surface area contributed by atoms with Crippen LogP contribution < -0.4 is 4.72 Å². The van der Waals surface area contributed by atoms with E-state index in [0.29, 0.717) is 6.61 Å². The van der Waals surface area contributed by atoms with Crippen LogP contribution in [0.25, 0.3) is 0 Å². The van der Waals surface area contributed by atoms with Crippen molar-refractivity contribution < 1.29 is 13.2 Å².